The second kappa shape index (κ2) is 11.9. The second-order valence-electron chi connectivity index (χ2n) is 7.02. The summed E-state index contributed by atoms with van der Waals surface area (Å²) in [4.78, 5) is 17.7. The summed E-state index contributed by atoms with van der Waals surface area (Å²) in [6, 6.07) is 0. The van der Waals surface area contributed by atoms with Gasteiger partial charge in [0.15, 0.2) is 5.96 Å². The van der Waals surface area contributed by atoms with Crippen LogP contribution in [0.2, 0.25) is 0 Å². The molecule has 144 valence electrons. The molecule has 0 aromatic heterocycles. The zero-order chi connectivity index (χ0) is 18.7. The average Bonchev–Trinajstić information content (AvgIpc) is 3.09. The summed E-state index contributed by atoms with van der Waals surface area (Å²) < 4.78 is 5.96. The number of nitrogens with zero attached hydrogens (tertiary/aromatic N) is 2. The van der Waals surface area contributed by atoms with Crippen LogP contribution >= 0.6 is 0 Å². The first-order valence-corrected chi connectivity index (χ1v) is 9.42. The average molecular weight is 353 g/mol. The van der Waals surface area contributed by atoms with Crippen molar-refractivity contribution in [2.75, 3.05) is 40.3 Å². The molecule has 0 saturated heterocycles. The Balaban J connectivity index is 2.52. The van der Waals surface area contributed by atoms with E-state index in [1.165, 1.54) is 25.7 Å². The lowest BCUT2D eigenvalue weighted by Gasteiger charge is -2.24. The Morgan fingerprint density at radius 2 is 2.00 bits per heavy atom. The van der Waals surface area contributed by atoms with Crippen LogP contribution in [-0.4, -0.2) is 63.2 Å². The van der Waals surface area contributed by atoms with Crippen molar-refractivity contribution in [3.05, 3.63) is 12.2 Å². The van der Waals surface area contributed by atoms with Gasteiger partial charge in [-0.2, -0.15) is 0 Å². The fourth-order valence-corrected chi connectivity index (χ4v) is 3.03. The van der Waals surface area contributed by atoms with E-state index in [4.69, 9.17) is 4.74 Å². The molecular formula is C19H36N4O2. The van der Waals surface area contributed by atoms with Gasteiger partial charge in [0.05, 0.1) is 6.10 Å². The van der Waals surface area contributed by atoms with Gasteiger partial charge in [0, 0.05) is 33.8 Å². The van der Waals surface area contributed by atoms with Crippen molar-refractivity contribution in [2.45, 2.75) is 52.1 Å². The van der Waals surface area contributed by atoms with Gasteiger partial charge in [-0.15, -0.1) is 0 Å². The maximum absolute atomic E-state index is 11.8. The maximum Gasteiger partial charge on any atom is 0.243 e. The van der Waals surface area contributed by atoms with Crippen molar-refractivity contribution in [2.24, 2.45) is 10.9 Å². The van der Waals surface area contributed by atoms with Gasteiger partial charge >= 0.3 is 0 Å². The summed E-state index contributed by atoms with van der Waals surface area (Å²) in [6.07, 6.45) is 6.45. The lowest BCUT2D eigenvalue weighted by Crippen LogP contribution is -2.41. The maximum atomic E-state index is 11.8. The molecule has 0 spiro atoms. The molecule has 0 heterocycles. The van der Waals surface area contributed by atoms with Crippen molar-refractivity contribution in [1.82, 2.24) is 15.5 Å². The fraction of sp³-hybridized carbons (Fsp3) is 0.789. The first-order valence-electron chi connectivity index (χ1n) is 9.42. The SMILES string of the molecule is C=C(C)CNC(=NCC(=O)N(C)C)NCCC(OCC)C1CCCC1. The molecule has 2 N–H and O–H groups in total. The molecule has 1 atom stereocenters. The van der Waals surface area contributed by atoms with Gasteiger partial charge in [-0.25, -0.2) is 4.99 Å². The van der Waals surface area contributed by atoms with Gasteiger partial charge in [0.25, 0.3) is 0 Å². The van der Waals surface area contributed by atoms with Crippen LogP contribution < -0.4 is 10.6 Å². The molecule has 1 aliphatic carbocycles. The van der Waals surface area contributed by atoms with E-state index in [2.05, 4.69) is 29.1 Å². The smallest absolute Gasteiger partial charge is 0.243 e. The number of ether oxygens (including phenoxy) is 1. The number of nitrogens with one attached hydrogen (secondary N) is 2. The van der Waals surface area contributed by atoms with Crippen molar-refractivity contribution in [3.63, 3.8) is 0 Å². The zero-order valence-electron chi connectivity index (χ0n) is 16.4. The molecule has 0 aliphatic heterocycles. The Labute approximate surface area is 153 Å². The Kier molecular flexibility index (Phi) is 10.2. The number of likely N-dealkylation sites (N-methyl/N-ethyl adjacent to an activating group) is 1. The van der Waals surface area contributed by atoms with E-state index in [-0.39, 0.29) is 12.5 Å². The predicted molar refractivity (Wildman–Crippen MR) is 104 cm³/mol. The molecule has 1 unspecified atom stereocenters. The Bertz CT molecular complexity index is 443. The summed E-state index contributed by atoms with van der Waals surface area (Å²) in [7, 11) is 3.47. The number of carbonyl (C=O) groups is 1. The number of rotatable bonds is 10. The second-order valence-corrected chi connectivity index (χ2v) is 7.02. The number of aliphatic imine (C=N–C) groups is 1. The van der Waals surface area contributed by atoms with Crippen molar-refractivity contribution >= 4 is 11.9 Å². The summed E-state index contributed by atoms with van der Waals surface area (Å²) >= 11 is 0. The van der Waals surface area contributed by atoms with Crippen LogP contribution in [0.5, 0.6) is 0 Å². The minimum absolute atomic E-state index is 0.0189. The van der Waals surface area contributed by atoms with Crippen LogP contribution in [0.25, 0.3) is 0 Å². The van der Waals surface area contributed by atoms with E-state index in [1.807, 2.05) is 6.92 Å². The third-order valence-corrected chi connectivity index (χ3v) is 4.46. The van der Waals surface area contributed by atoms with Gasteiger partial charge in [0.1, 0.15) is 6.54 Å². The van der Waals surface area contributed by atoms with Crippen LogP contribution in [0.3, 0.4) is 0 Å². The largest absolute Gasteiger partial charge is 0.378 e. The first kappa shape index (κ1) is 21.5. The number of carbonyl (C=O) groups excluding carboxylic acids is 1. The molecule has 0 radical (unpaired) electrons. The van der Waals surface area contributed by atoms with Crippen LogP contribution in [0.1, 0.15) is 46.0 Å². The minimum atomic E-state index is -0.0189. The van der Waals surface area contributed by atoms with Crippen molar-refractivity contribution in [3.8, 4) is 0 Å². The van der Waals surface area contributed by atoms with E-state index in [1.54, 1.807) is 19.0 Å². The van der Waals surface area contributed by atoms with E-state index in [9.17, 15) is 4.79 Å². The summed E-state index contributed by atoms with van der Waals surface area (Å²) in [5.74, 6) is 1.32. The minimum Gasteiger partial charge on any atom is -0.378 e. The molecule has 6 nitrogen and oxygen atoms in total. The molecule has 1 aliphatic rings. The summed E-state index contributed by atoms with van der Waals surface area (Å²) in [5.41, 5.74) is 1.02. The molecule has 1 saturated carbocycles. The predicted octanol–water partition coefficient (Wildman–Crippen LogP) is 2.17. The van der Waals surface area contributed by atoms with Crippen LogP contribution in [0, 0.1) is 5.92 Å². The Morgan fingerprint density at radius 1 is 1.32 bits per heavy atom. The number of guanidine groups is 1. The van der Waals surface area contributed by atoms with E-state index in [0.717, 1.165) is 25.1 Å². The highest BCUT2D eigenvalue weighted by Crippen LogP contribution is 2.30. The first-order chi connectivity index (χ1) is 11.9. The lowest BCUT2D eigenvalue weighted by molar-refractivity contribution is -0.127. The number of amides is 1. The van der Waals surface area contributed by atoms with Crippen LogP contribution in [-0.2, 0) is 9.53 Å². The molecule has 0 aromatic rings. The van der Waals surface area contributed by atoms with Gasteiger partial charge < -0.3 is 20.3 Å². The van der Waals surface area contributed by atoms with E-state index in [0.29, 0.717) is 24.5 Å². The fourth-order valence-electron chi connectivity index (χ4n) is 3.03. The molecule has 0 bridgehead atoms. The van der Waals surface area contributed by atoms with Gasteiger partial charge in [-0.3, -0.25) is 4.79 Å². The molecule has 1 fully saturated rings. The normalized spacial score (nSPS) is 16.6. The number of hydrogen-bond donors (Lipinski definition) is 2. The molecular weight excluding hydrogens is 316 g/mol. The van der Waals surface area contributed by atoms with Crippen molar-refractivity contribution < 1.29 is 9.53 Å². The molecule has 25 heavy (non-hydrogen) atoms. The van der Waals surface area contributed by atoms with Crippen LogP contribution in [0.15, 0.2) is 17.1 Å². The monoisotopic (exact) mass is 352 g/mol. The lowest BCUT2D eigenvalue weighted by atomic mass is 9.98. The third kappa shape index (κ3) is 8.91. The number of hydrogen-bond acceptors (Lipinski definition) is 3. The highest BCUT2D eigenvalue weighted by Gasteiger charge is 2.25. The highest BCUT2D eigenvalue weighted by molar-refractivity contribution is 5.84. The van der Waals surface area contributed by atoms with E-state index >= 15 is 0 Å². The highest BCUT2D eigenvalue weighted by atomic mass is 16.5. The third-order valence-electron chi connectivity index (χ3n) is 4.46. The van der Waals surface area contributed by atoms with Crippen LogP contribution in [0.4, 0.5) is 0 Å². The van der Waals surface area contributed by atoms with Gasteiger partial charge in [-0.1, -0.05) is 25.0 Å². The van der Waals surface area contributed by atoms with Gasteiger partial charge in [-0.05, 0) is 39.0 Å². The molecule has 1 rings (SSSR count). The molecule has 1 amide bonds. The zero-order valence-corrected chi connectivity index (χ0v) is 16.4. The van der Waals surface area contributed by atoms with E-state index < -0.39 is 0 Å². The van der Waals surface area contributed by atoms with Gasteiger partial charge in [0.2, 0.25) is 5.91 Å². The summed E-state index contributed by atoms with van der Waals surface area (Å²) in [5, 5.41) is 6.55. The quantitative estimate of drug-likeness (QED) is 0.359. The standard InChI is InChI=1S/C19H36N4O2/c1-6-25-17(16-9-7-8-10-16)11-12-20-19(21-13-15(2)3)22-14-18(24)23(4)5/h16-17H,2,6-14H2,1,3-5H3,(H2,20,21,22). The topological polar surface area (TPSA) is 66.0 Å². The molecule has 0 aromatic carbocycles. The Morgan fingerprint density at radius 3 is 2.56 bits per heavy atom. The summed E-state index contributed by atoms with van der Waals surface area (Å²) in [6.45, 7) is 10.2. The Hall–Kier alpha value is -1.56. The van der Waals surface area contributed by atoms with Crippen molar-refractivity contribution in [1.29, 1.82) is 0 Å². The molecule has 6 heteroatoms.